The zero-order chi connectivity index (χ0) is 21.1. The predicted octanol–water partition coefficient (Wildman–Crippen LogP) is 4.44. The number of likely N-dealkylation sites (N-methyl/N-ethyl adjacent to an activating group) is 1. The Kier molecular flexibility index (Phi) is 6.07. The molecule has 2 aromatic carbocycles. The van der Waals surface area contributed by atoms with Gasteiger partial charge >= 0.3 is 0 Å². The van der Waals surface area contributed by atoms with E-state index in [1.54, 1.807) is 19.1 Å². The van der Waals surface area contributed by atoms with Crippen molar-refractivity contribution in [3.63, 3.8) is 0 Å². The van der Waals surface area contributed by atoms with E-state index in [0.29, 0.717) is 5.56 Å². The molecule has 158 valence electrons. The molecule has 1 aliphatic heterocycles. The summed E-state index contributed by atoms with van der Waals surface area (Å²) in [5.41, 5.74) is 2.36. The van der Waals surface area contributed by atoms with Crippen LogP contribution in [0.1, 0.15) is 72.0 Å². The third kappa shape index (κ3) is 3.93. The Labute approximate surface area is 178 Å². The summed E-state index contributed by atoms with van der Waals surface area (Å²) in [5.74, 6) is 0.267. The van der Waals surface area contributed by atoms with Gasteiger partial charge in [0.05, 0.1) is 19.1 Å². The highest BCUT2D eigenvalue weighted by atomic mass is 16.5. The number of hydrogen-bond acceptors (Lipinski definition) is 3. The number of nitrogens with zero attached hydrogens (tertiary/aromatic N) is 1. The first-order valence-corrected chi connectivity index (χ1v) is 10.9. The molecule has 2 aromatic rings. The van der Waals surface area contributed by atoms with Crippen molar-refractivity contribution in [1.29, 1.82) is 0 Å². The minimum absolute atomic E-state index is 0.00881. The lowest BCUT2D eigenvalue weighted by Crippen LogP contribution is -2.47. The van der Waals surface area contributed by atoms with Crippen molar-refractivity contribution in [2.45, 2.75) is 56.5 Å². The summed E-state index contributed by atoms with van der Waals surface area (Å²) in [7, 11) is 3.42. The maximum atomic E-state index is 13.6. The molecular weight excluding hydrogens is 376 g/mol. The van der Waals surface area contributed by atoms with Gasteiger partial charge < -0.3 is 15.0 Å². The van der Waals surface area contributed by atoms with Crippen LogP contribution < -0.4 is 10.1 Å². The summed E-state index contributed by atoms with van der Waals surface area (Å²) in [4.78, 5) is 28.4. The Bertz CT molecular complexity index is 901. The fourth-order valence-electron chi connectivity index (χ4n) is 4.89. The molecule has 1 N–H and O–H groups in total. The summed E-state index contributed by atoms with van der Waals surface area (Å²) in [6.45, 7) is 0. The van der Waals surface area contributed by atoms with Crippen LogP contribution in [0.4, 0.5) is 0 Å². The molecule has 2 aliphatic rings. The summed E-state index contributed by atoms with van der Waals surface area (Å²) in [6.07, 6.45) is 6.86. The van der Waals surface area contributed by atoms with Crippen molar-refractivity contribution in [1.82, 2.24) is 10.2 Å². The maximum absolute atomic E-state index is 13.6. The summed E-state index contributed by atoms with van der Waals surface area (Å²) < 4.78 is 5.29. The van der Waals surface area contributed by atoms with Crippen molar-refractivity contribution in [2.24, 2.45) is 0 Å². The lowest BCUT2D eigenvalue weighted by molar-refractivity contribution is -0.124. The molecule has 0 spiro atoms. The molecule has 30 heavy (non-hydrogen) atoms. The number of methoxy groups -OCH3 is 1. The standard InChI is InChI=1S/C25H30N2O3/c1-27-23(17-13-15-19(30-2)16-14-17)22(20-11-7-8-12-21(20)25(27)29)24(28)26-18-9-5-3-4-6-10-18/h7-8,11-16,18,22-23H,3-6,9-10H2,1-2H3,(H,26,28)/t22-,23-/m0/s1. The van der Waals surface area contributed by atoms with Gasteiger partial charge in [0.1, 0.15) is 5.75 Å². The van der Waals surface area contributed by atoms with E-state index in [2.05, 4.69) is 5.32 Å². The number of hydrogen-bond donors (Lipinski definition) is 1. The van der Waals surface area contributed by atoms with E-state index in [-0.39, 0.29) is 23.9 Å². The number of ether oxygens (including phenoxy) is 1. The predicted molar refractivity (Wildman–Crippen MR) is 117 cm³/mol. The van der Waals surface area contributed by atoms with Gasteiger partial charge in [0.2, 0.25) is 5.91 Å². The number of benzene rings is 2. The fraction of sp³-hybridized carbons (Fsp3) is 0.440. The lowest BCUT2D eigenvalue weighted by atomic mass is 9.79. The molecule has 0 bridgehead atoms. The largest absolute Gasteiger partial charge is 0.497 e. The molecule has 0 saturated heterocycles. The van der Waals surface area contributed by atoms with Crippen LogP contribution in [0.5, 0.6) is 5.75 Å². The molecule has 4 rings (SSSR count). The quantitative estimate of drug-likeness (QED) is 0.764. The molecule has 5 heteroatoms. The number of nitrogens with one attached hydrogen (secondary N) is 1. The maximum Gasteiger partial charge on any atom is 0.254 e. The first-order valence-electron chi connectivity index (χ1n) is 10.9. The van der Waals surface area contributed by atoms with Crippen LogP contribution in [-0.4, -0.2) is 36.9 Å². The lowest BCUT2D eigenvalue weighted by Gasteiger charge is -2.40. The van der Waals surface area contributed by atoms with Crippen LogP contribution in [-0.2, 0) is 4.79 Å². The van der Waals surface area contributed by atoms with E-state index in [0.717, 1.165) is 42.6 Å². The second-order valence-corrected chi connectivity index (χ2v) is 8.40. The fourth-order valence-corrected chi connectivity index (χ4v) is 4.89. The van der Waals surface area contributed by atoms with Crippen LogP contribution >= 0.6 is 0 Å². The SMILES string of the molecule is COc1ccc([C@H]2[C@@H](C(=O)NC3CCCCCC3)c3ccccc3C(=O)N2C)cc1. The van der Waals surface area contributed by atoms with Gasteiger partial charge in [-0.25, -0.2) is 0 Å². The van der Waals surface area contributed by atoms with E-state index >= 15 is 0 Å². The Morgan fingerprint density at radius 1 is 1.00 bits per heavy atom. The van der Waals surface area contributed by atoms with Gasteiger partial charge in [-0.05, 0) is 42.2 Å². The van der Waals surface area contributed by atoms with Gasteiger partial charge in [0, 0.05) is 18.7 Å². The number of carbonyl (C=O) groups is 2. The van der Waals surface area contributed by atoms with Gasteiger partial charge in [-0.1, -0.05) is 56.0 Å². The number of amides is 2. The molecule has 0 radical (unpaired) electrons. The molecule has 2 amide bonds. The molecule has 0 unspecified atom stereocenters. The summed E-state index contributed by atoms with van der Waals surface area (Å²) in [6, 6.07) is 15.0. The third-order valence-corrected chi connectivity index (χ3v) is 6.52. The average Bonchev–Trinajstić information content (AvgIpc) is 3.04. The Morgan fingerprint density at radius 3 is 2.33 bits per heavy atom. The minimum Gasteiger partial charge on any atom is -0.497 e. The molecule has 2 atom stereocenters. The molecule has 0 aromatic heterocycles. The molecule has 1 fully saturated rings. The van der Waals surface area contributed by atoms with Crippen molar-refractivity contribution in [2.75, 3.05) is 14.2 Å². The van der Waals surface area contributed by atoms with Crippen LogP contribution in [0.25, 0.3) is 0 Å². The molecular formula is C25H30N2O3. The monoisotopic (exact) mass is 406 g/mol. The Morgan fingerprint density at radius 2 is 1.67 bits per heavy atom. The van der Waals surface area contributed by atoms with E-state index in [9.17, 15) is 9.59 Å². The van der Waals surface area contributed by atoms with Gasteiger partial charge in [-0.3, -0.25) is 9.59 Å². The van der Waals surface area contributed by atoms with Crippen LogP contribution in [0.2, 0.25) is 0 Å². The van der Waals surface area contributed by atoms with Crippen molar-refractivity contribution in [3.05, 3.63) is 65.2 Å². The smallest absolute Gasteiger partial charge is 0.254 e. The van der Waals surface area contributed by atoms with Crippen LogP contribution in [0.3, 0.4) is 0 Å². The van der Waals surface area contributed by atoms with Gasteiger partial charge in [0.25, 0.3) is 5.91 Å². The van der Waals surface area contributed by atoms with Gasteiger partial charge in [-0.2, -0.15) is 0 Å². The van der Waals surface area contributed by atoms with Gasteiger partial charge in [0.15, 0.2) is 0 Å². The Balaban J connectivity index is 1.72. The number of fused-ring (bicyclic) bond motifs is 1. The van der Waals surface area contributed by atoms with Crippen molar-refractivity contribution < 1.29 is 14.3 Å². The minimum atomic E-state index is -0.444. The zero-order valence-electron chi connectivity index (χ0n) is 17.8. The van der Waals surface area contributed by atoms with Crippen LogP contribution in [0, 0.1) is 0 Å². The normalized spacial score (nSPS) is 22.2. The topological polar surface area (TPSA) is 58.6 Å². The van der Waals surface area contributed by atoms with E-state index < -0.39 is 5.92 Å². The van der Waals surface area contributed by atoms with Crippen molar-refractivity contribution in [3.8, 4) is 5.75 Å². The first kappa shape index (κ1) is 20.5. The number of rotatable bonds is 4. The average molecular weight is 407 g/mol. The van der Waals surface area contributed by atoms with E-state index in [1.165, 1.54) is 12.8 Å². The zero-order valence-corrected chi connectivity index (χ0v) is 17.8. The van der Waals surface area contributed by atoms with Gasteiger partial charge in [-0.15, -0.1) is 0 Å². The Hall–Kier alpha value is -2.82. The molecule has 1 saturated carbocycles. The van der Waals surface area contributed by atoms with Crippen molar-refractivity contribution >= 4 is 11.8 Å². The molecule has 1 heterocycles. The first-order chi connectivity index (χ1) is 14.6. The van der Waals surface area contributed by atoms with E-state index in [1.807, 2.05) is 48.5 Å². The summed E-state index contributed by atoms with van der Waals surface area (Å²) in [5, 5.41) is 3.33. The molecule has 5 nitrogen and oxygen atoms in total. The highest BCUT2D eigenvalue weighted by Crippen LogP contribution is 2.42. The molecule has 1 aliphatic carbocycles. The summed E-state index contributed by atoms with van der Waals surface area (Å²) >= 11 is 0. The second kappa shape index (κ2) is 8.90. The number of carbonyl (C=O) groups excluding carboxylic acids is 2. The highest BCUT2D eigenvalue weighted by molar-refractivity contribution is 6.01. The second-order valence-electron chi connectivity index (χ2n) is 8.40. The van der Waals surface area contributed by atoms with E-state index in [4.69, 9.17) is 4.74 Å². The van der Waals surface area contributed by atoms with Crippen LogP contribution in [0.15, 0.2) is 48.5 Å². The third-order valence-electron chi connectivity index (χ3n) is 6.52. The highest BCUT2D eigenvalue weighted by Gasteiger charge is 2.42.